The number of hydrogen-bond donors (Lipinski definition) is 2. The van der Waals surface area contributed by atoms with E-state index in [0.29, 0.717) is 18.4 Å². The highest BCUT2D eigenvalue weighted by molar-refractivity contribution is 5.95. The maximum atomic E-state index is 12.5. The highest BCUT2D eigenvalue weighted by atomic mass is 16.6. The Kier molecular flexibility index (Phi) is 7.08. The van der Waals surface area contributed by atoms with Gasteiger partial charge in [-0.25, -0.2) is 4.79 Å². The minimum atomic E-state index is -1.30. The molecule has 3 aliphatic rings. The number of hydrogen-bond acceptors (Lipinski definition) is 7. The van der Waals surface area contributed by atoms with Gasteiger partial charge < -0.3 is 24.4 Å². The summed E-state index contributed by atoms with van der Waals surface area (Å²) < 4.78 is 16.6. The van der Waals surface area contributed by atoms with Crippen molar-refractivity contribution in [2.45, 2.75) is 90.1 Å². The highest BCUT2D eigenvalue weighted by Crippen LogP contribution is 2.44. The van der Waals surface area contributed by atoms with Gasteiger partial charge in [-0.3, -0.25) is 4.79 Å². The Balaban J connectivity index is 1.69. The van der Waals surface area contributed by atoms with Crippen LogP contribution in [0.25, 0.3) is 0 Å². The highest BCUT2D eigenvalue weighted by Gasteiger charge is 2.48. The molecule has 0 aromatic carbocycles. The van der Waals surface area contributed by atoms with E-state index < -0.39 is 23.5 Å². The van der Waals surface area contributed by atoms with E-state index in [1.807, 2.05) is 27.7 Å². The molecule has 31 heavy (non-hydrogen) atoms. The Morgan fingerprint density at radius 3 is 2.81 bits per heavy atom. The quantitative estimate of drug-likeness (QED) is 0.467. The molecule has 1 fully saturated rings. The number of esters is 2. The van der Waals surface area contributed by atoms with Gasteiger partial charge >= 0.3 is 11.9 Å². The minimum Gasteiger partial charge on any atom is -0.460 e. The van der Waals surface area contributed by atoms with Crippen LogP contribution < -0.4 is 0 Å². The van der Waals surface area contributed by atoms with Crippen molar-refractivity contribution in [2.24, 2.45) is 5.92 Å². The molecule has 2 N–H and O–H groups in total. The Labute approximate surface area is 183 Å². The lowest BCUT2D eigenvalue weighted by atomic mass is 9.91. The van der Waals surface area contributed by atoms with Crippen LogP contribution in [0.5, 0.6) is 0 Å². The molecule has 7 heteroatoms. The lowest BCUT2D eigenvalue weighted by Crippen LogP contribution is -2.33. The molecule has 3 heterocycles. The maximum Gasteiger partial charge on any atom is 0.343 e. The van der Waals surface area contributed by atoms with E-state index in [-0.39, 0.29) is 49.1 Å². The van der Waals surface area contributed by atoms with E-state index in [4.69, 9.17) is 14.2 Å². The monoisotopic (exact) mass is 434 g/mol. The van der Waals surface area contributed by atoms with Gasteiger partial charge in [-0.05, 0) is 58.4 Å². The van der Waals surface area contributed by atoms with Gasteiger partial charge in [0.25, 0.3) is 0 Å². The summed E-state index contributed by atoms with van der Waals surface area (Å²) in [5.74, 6) is -1.92. The molecular weight excluding hydrogens is 400 g/mol. The van der Waals surface area contributed by atoms with Gasteiger partial charge in [-0.2, -0.15) is 0 Å². The van der Waals surface area contributed by atoms with Gasteiger partial charge in [-0.1, -0.05) is 18.6 Å². The summed E-state index contributed by atoms with van der Waals surface area (Å²) in [5, 5.41) is 21.3. The van der Waals surface area contributed by atoms with E-state index >= 15 is 0 Å². The van der Waals surface area contributed by atoms with Crippen molar-refractivity contribution in [3.63, 3.8) is 0 Å². The Hall–Kier alpha value is -1.96. The number of aliphatic hydroxyl groups is 2. The third-order valence-electron chi connectivity index (χ3n) is 6.16. The largest absolute Gasteiger partial charge is 0.460 e. The van der Waals surface area contributed by atoms with Crippen LogP contribution in [0.15, 0.2) is 34.6 Å². The van der Waals surface area contributed by atoms with E-state index in [1.54, 1.807) is 6.08 Å². The summed E-state index contributed by atoms with van der Waals surface area (Å²) in [6, 6.07) is 0. The van der Waals surface area contributed by atoms with Gasteiger partial charge in [0.15, 0.2) is 5.79 Å². The van der Waals surface area contributed by atoms with Gasteiger partial charge in [0.2, 0.25) is 0 Å². The Bertz CT molecular complexity index is 820. The normalized spacial score (nSPS) is 32.8. The van der Waals surface area contributed by atoms with Crippen LogP contribution in [-0.2, 0) is 23.8 Å². The first kappa shape index (κ1) is 23.7. The van der Waals surface area contributed by atoms with E-state index in [0.717, 1.165) is 12.8 Å². The number of rotatable bonds is 7. The second kappa shape index (κ2) is 9.27. The lowest BCUT2D eigenvalue weighted by molar-refractivity contribution is -0.212. The van der Waals surface area contributed by atoms with Crippen molar-refractivity contribution in [2.75, 3.05) is 6.61 Å². The predicted molar refractivity (Wildman–Crippen MR) is 114 cm³/mol. The van der Waals surface area contributed by atoms with Gasteiger partial charge in [0.1, 0.15) is 12.4 Å². The summed E-state index contributed by atoms with van der Waals surface area (Å²) in [6.45, 7) is 7.65. The number of carbonyl (C=O) groups is 2. The molecule has 0 radical (unpaired) electrons. The second-order valence-corrected chi connectivity index (χ2v) is 9.53. The SMILES string of the molecule is CC(C)=CCCC(C)CC(=O)OCC1=C2/C(=C\C3(C)CCC(O)(CC[C@@H]2O)O3)OC1=O. The molecule has 1 saturated heterocycles. The van der Waals surface area contributed by atoms with Crippen LogP contribution in [-0.4, -0.2) is 46.3 Å². The number of allylic oxidation sites excluding steroid dienone is 2. The van der Waals surface area contributed by atoms with Gasteiger partial charge in [0, 0.05) is 24.8 Å². The fourth-order valence-corrected chi connectivity index (χ4v) is 4.38. The van der Waals surface area contributed by atoms with Crippen LogP contribution >= 0.6 is 0 Å². The number of fused-ring (bicyclic) bond motifs is 3. The lowest BCUT2D eigenvalue weighted by Gasteiger charge is -2.26. The molecular formula is C24H34O7. The molecule has 3 aliphatic heterocycles. The van der Waals surface area contributed by atoms with E-state index in [9.17, 15) is 19.8 Å². The molecule has 2 bridgehead atoms. The first-order valence-electron chi connectivity index (χ1n) is 11.1. The van der Waals surface area contributed by atoms with E-state index in [2.05, 4.69) is 6.08 Å². The third-order valence-corrected chi connectivity index (χ3v) is 6.16. The first-order chi connectivity index (χ1) is 14.5. The zero-order valence-electron chi connectivity index (χ0n) is 18.9. The fraction of sp³-hybridized carbons (Fsp3) is 0.667. The fourth-order valence-electron chi connectivity index (χ4n) is 4.38. The number of carbonyl (C=O) groups excluding carboxylic acids is 2. The smallest absolute Gasteiger partial charge is 0.343 e. The van der Waals surface area contributed by atoms with Crippen LogP contribution in [0.3, 0.4) is 0 Å². The molecule has 7 nitrogen and oxygen atoms in total. The van der Waals surface area contributed by atoms with Crippen LogP contribution in [0.1, 0.15) is 72.6 Å². The van der Waals surface area contributed by atoms with Crippen LogP contribution in [0, 0.1) is 5.92 Å². The van der Waals surface area contributed by atoms with Gasteiger partial charge in [-0.15, -0.1) is 0 Å². The molecule has 0 spiro atoms. The summed E-state index contributed by atoms with van der Waals surface area (Å²) in [5.41, 5.74) is 0.931. The maximum absolute atomic E-state index is 12.5. The average Bonchev–Trinajstić information content (AvgIpc) is 3.14. The molecule has 3 rings (SSSR count). The van der Waals surface area contributed by atoms with Crippen molar-refractivity contribution in [3.05, 3.63) is 34.6 Å². The van der Waals surface area contributed by atoms with Crippen molar-refractivity contribution in [3.8, 4) is 0 Å². The first-order valence-corrected chi connectivity index (χ1v) is 11.1. The summed E-state index contributed by atoms with van der Waals surface area (Å²) >= 11 is 0. The van der Waals surface area contributed by atoms with Crippen LogP contribution in [0.2, 0.25) is 0 Å². The standard InChI is InChI=1S/C24H34O7/c1-15(2)6-5-7-16(3)12-20(26)29-14-17-21-18(25)8-9-24(28)11-10-23(4,31-24)13-19(21)30-22(17)27/h6,13,16,18,25,28H,5,7-12,14H2,1-4H3/b19-13+/t16?,18-,23?,24?/m0/s1. The van der Waals surface area contributed by atoms with Crippen molar-refractivity contribution >= 4 is 11.9 Å². The van der Waals surface area contributed by atoms with E-state index in [1.165, 1.54) is 5.57 Å². The zero-order valence-corrected chi connectivity index (χ0v) is 18.9. The molecule has 172 valence electrons. The van der Waals surface area contributed by atoms with Crippen molar-refractivity contribution in [1.82, 2.24) is 0 Å². The summed E-state index contributed by atoms with van der Waals surface area (Å²) in [6.07, 6.45) is 6.27. The third kappa shape index (κ3) is 5.84. The Morgan fingerprint density at radius 2 is 2.10 bits per heavy atom. The topological polar surface area (TPSA) is 102 Å². The molecule has 3 unspecified atom stereocenters. The molecule has 4 atom stereocenters. The Morgan fingerprint density at radius 1 is 1.35 bits per heavy atom. The summed E-state index contributed by atoms with van der Waals surface area (Å²) in [7, 11) is 0. The zero-order chi connectivity index (χ0) is 22.8. The molecule has 0 aromatic rings. The molecule has 0 saturated carbocycles. The predicted octanol–water partition coefficient (Wildman–Crippen LogP) is 3.45. The minimum absolute atomic E-state index is 0.151. The molecule has 0 amide bonds. The second-order valence-electron chi connectivity index (χ2n) is 9.53. The number of ether oxygens (including phenoxy) is 3. The molecule has 0 aromatic heterocycles. The number of aliphatic hydroxyl groups excluding tert-OH is 1. The van der Waals surface area contributed by atoms with Crippen LogP contribution in [0.4, 0.5) is 0 Å². The van der Waals surface area contributed by atoms with Crippen molar-refractivity contribution in [1.29, 1.82) is 0 Å². The van der Waals surface area contributed by atoms with Gasteiger partial charge in [0.05, 0.1) is 17.3 Å². The average molecular weight is 435 g/mol. The van der Waals surface area contributed by atoms with Crippen molar-refractivity contribution < 1.29 is 34.0 Å². The summed E-state index contributed by atoms with van der Waals surface area (Å²) in [4.78, 5) is 24.8. The molecule has 0 aliphatic carbocycles.